The maximum absolute atomic E-state index is 6.30. The van der Waals surface area contributed by atoms with Crippen LogP contribution in [0.25, 0.3) is 0 Å². The van der Waals surface area contributed by atoms with Gasteiger partial charge in [-0.2, -0.15) is 4.98 Å². The van der Waals surface area contributed by atoms with Crippen LogP contribution < -0.4 is 5.73 Å². The summed E-state index contributed by atoms with van der Waals surface area (Å²) in [5, 5.41) is 13.2. The van der Waals surface area contributed by atoms with Gasteiger partial charge < -0.3 is 14.8 Å². The van der Waals surface area contributed by atoms with Gasteiger partial charge in [-0.05, 0) is 12.0 Å². The van der Waals surface area contributed by atoms with Gasteiger partial charge >= 0.3 is 0 Å². The summed E-state index contributed by atoms with van der Waals surface area (Å²) >= 11 is 1.52. The molecule has 0 aliphatic carbocycles. The van der Waals surface area contributed by atoms with Gasteiger partial charge in [0.25, 0.3) is 0 Å². The number of aryl methyl sites for hydroxylation is 1. The Morgan fingerprint density at radius 1 is 1.25 bits per heavy atom. The molecule has 0 saturated carbocycles. The van der Waals surface area contributed by atoms with Gasteiger partial charge in [0.15, 0.2) is 16.8 Å². The van der Waals surface area contributed by atoms with Crippen LogP contribution in [-0.4, -0.2) is 24.9 Å². The highest BCUT2D eigenvalue weighted by molar-refractivity contribution is 7.98. The molecule has 0 aliphatic heterocycles. The average Bonchev–Trinajstić information content (AvgIpc) is 3.20. The third-order valence-corrected chi connectivity index (χ3v) is 4.66. The molecule has 1 atom stereocenters. The lowest BCUT2D eigenvalue weighted by Crippen LogP contribution is -2.18. The molecule has 0 amide bonds. The van der Waals surface area contributed by atoms with Crippen molar-refractivity contribution in [2.75, 3.05) is 0 Å². The maximum atomic E-state index is 6.30. The molecule has 126 valence electrons. The Balaban J connectivity index is 1.64. The van der Waals surface area contributed by atoms with E-state index in [1.807, 2.05) is 36.7 Å². The largest absolute Gasteiger partial charge is 0.339 e. The molecule has 2 N–H and O–H groups in total. The third kappa shape index (κ3) is 3.82. The predicted molar refractivity (Wildman–Crippen MR) is 91.3 cm³/mol. The standard InChI is InChI=1S/C16H20N6OS/c1-3-14-18-13(21-23-14)10-24-16-20-19-15(22(16)2)12(17)9-11-7-5-4-6-8-11/h4-8,12H,3,9-10,17H2,1-2H3/t12-/m1/s1. The number of nitrogens with zero attached hydrogens (tertiary/aromatic N) is 5. The van der Waals surface area contributed by atoms with Crippen LogP contribution >= 0.6 is 11.8 Å². The van der Waals surface area contributed by atoms with Crippen LogP contribution in [-0.2, 0) is 25.6 Å². The minimum Gasteiger partial charge on any atom is -0.339 e. The normalized spacial score (nSPS) is 12.5. The summed E-state index contributed by atoms with van der Waals surface area (Å²) in [5.41, 5.74) is 7.48. The van der Waals surface area contributed by atoms with Crippen LogP contribution in [0.15, 0.2) is 40.0 Å². The first kappa shape index (κ1) is 16.7. The van der Waals surface area contributed by atoms with Crippen LogP contribution in [0, 0.1) is 0 Å². The Morgan fingerprint density at radius 3 is 2.75 bits per heavy atom. The van der Waals surface area contributed by atoms with E-state index >= 15 is 0 Å². The molecule has 2 aromatic heterocycles. The zero-order valence-electron chi connectivity index (χ0n) is 13.7. The number of rotatable bonds is 7. The second kappa shape index (κ2) is 7.59. The summed E-state index contributed by atoms with van der Waals surface area (Å²) in [7, 11) is 1.93. The van der Waals surface area contributed by atoms with Gasteiger partial charge in [0, 0.05) is 13.5 Å². The number of aromatic nitrogens is 5. The van der Waals surface area contributed by atoms with Crippen molar-refractivity contribution < 1.29 is 4.52 Å². The number of thioether (sulfide) groups is 1. The molecule has 0 unspecified atom stereocenters. The number of nitrogens with two attached hydrogens (primary N) is 1. The lowest BCUT2D eigenvalue weighted by molar-refractivity contribution is 0.378. The summed E-state index contributed by atoms with van der Waals surface area (Å²) in [6.45, 7) is 1.98. The highest BCUT2D eigenvalue weighted by Crippen LogP contribution is 2.22. The molecular formula is C16H20N6OS. The molecule has 7 nitrogen and oxygen atoms in total. The van der Waals surface area contributed by atoms with E-state index in [4.69, 9.17) is 10.3 Å². The van der Waals surface area contributed by atoms with Crippen molar-refractivity contribution >= 4 is 11.8 Å². The van der Waals surface area contributed by atoms with Crippen molar-refractivity contribution in [2.45, 2.75) is 36.7 Å². The summed E-state index contributed by atoms with van der Waals surface area (Å²) in [4.78, 5) is 4.29. The van der Waals surface area contributed by atoms with Crippen LogP contribution in [0.5, 0.6) is 0 Å². The topological polar surface area (TPSA) is 95.7 Å². The quantitative estimate of drug-likeness (QED) is 0.657. The maximum Gasteiger partial charge on any atom is 0.226 e. The first-order valence-electron chi connectivity index (χ1n) is 7.80. The predicted octanol–water partition coefficient (Wildman–Crippen LogP) is 2.30. The van der Waals surface area contributed by atoms with Crippen LogP contribution in [0.3, 0.4) is 0 Å². The van der Waals surface area contributed by atoms with Crippen molar-refractivity contribution in [3.05, 3.63) is 53.4 Å². The molecule has 24 heavy (non-hydrogen) atoms. The number of benzene rings is 1. The summed E-state index contributed by atoms with van der Waals surface area (Å²) in [6, 6.07) is 9.94. The monoisotopic (exact) mass is 344 g/mol. The van der Waals surface area contributed by atoms with E-state index in [2.05, 4.69) is 32.5 Å². The van der Waals surface area contributed by atoms with Gasteiger partial charge in [0.1, 0.15) is 0 Å². The van der Waals surface area contributed by atoms with Crippen molar-refractivity contribution in [3.63, 3.8) is 0 Å². The van der Waals surface area contributed by atoms with Gasteiger partial charge in [-0.1, -0.05) is 54.2 Å². The summed E-state index contributed by atoms with van der Waals surface area (Å²) in [5.74, 6) is 2.66. The first-order valence-corrected chi connectivity index (χ1v) is 8.79. The van der Waals surface area contributed by atoms with Crippen LogP contribution in [0.4, 0.5) is 0 Å². The van der Waals surface area contributed by atoms with Gasteiger partial charge in [-0.3, -0.25) is 0 Å². The average molecular weight is 344 g/mol. The molecule has 0 spiro atoms. The molecule has 2 heterocycles. The zero-order valence-corrected chi connectivity index (χ0v) is 14.5. The molecule has 3 rings (SSSR count). The van der Waals surface area contributed by atoms with Crippen molar-refractivity contribution in [2.24, 2.45) is 12.8 Å². The summed E-state index contributed by atoms with van der Waals surface area (Å²) in [6.07, 6.45) is 1.46. The summed E-state index contributed by atoms with van der Waals surface area (Å²) < 4.78 is 7.03. The first-order chi connectivity index (χ1) is 11.7. The fourth-order valence-corrected chi connectivity index (χ4v) is 3.12. The number of hydrogen-bond donors (Lipinski definition) is 1. The molecule has 1 aromatic carbocycles. The van der Waals surface area contributed by atoms with Crippen molar-refractivity contribution in [3.8, 4) is 0 Å². The third-order valence-electron chi connectivity index (χ3n) is 3.64. The van der Waals surface area contributed by atoms with E-state index in [0.717, 1.165) is 23.8 Å². The smallest absolute Gasteiger partial charge is 0.226 e. The van der Waals surface area contributed by atoms with E-state index in [1.54, 1.807) is 0 Å². The second-order valence-electron chi connectivity index (χ2n) is 5.44. The van der Waals surface area contributed by atoms with E-state index in [0.29, 0.717) is 17.5 Å². The van der Waals surface area contributed by atoms with Crippen molar-refractivity contribution in [1.29, 1.82) is 0 Å². The fourth-order valence-electron chi connectivity index (χ4n) is 2.36. The fraction of sp³-hybridized carbons (Fsp3) is 0.375. The SMILES string of the molecule is CCc1nc(CSc2nnc([C@H](N)Cc3ccccc3)n2C)no1. The van der Waals surface area contributed by atoms with Gasteiger partial charge in [-0.15, -0.1) is 10.2 Å². The Bertz CT molecular complexity index is 785. The highest BCUT2D eigenvalue weighted by atomic mass is 32.2. The van der Waals surface area contributed by atoms with Crippen LogP contribution in [0.2, 0.25) is 0 Å². The molecule has 0 fully saturated rings. The Morgan fingerprint density at radius 2 is 2.04 bits per heavy atom. The van der Waals surface area contributed by atoms with E-state index in [1.165, 1.54) is 17.3 Å². The molecule has 0 bridgehead atoms. The minimum absolute atomic E-state index is 0.198. The van der Waals surface area contributed by atoms with Gasteiger partial charge in [-0.25, -0.2) is 0 Å². The second-order valence-corrected chi connectivity index (χ2v) is 6.39. The van der Waals surface area contributed by atoms with Gasteiger partial charge in [0.2, 0.25) is 5.89 Å². The van der Waals surface area contributed by atoms with E-state index in [9.17, 15) is 0 Å². The minimum atomic E-state index is -0.198. The van der Waals surface area contributed by atoms with Crippen molar-refractivity contribution in [1.82, 2.24) is 24.9 Å². The number of hydrogen-bond acceptors (Lipinski definition) is 7. The highest BCUT2D eigenvalue weighted by Gasteiger charge is 2.17. The van der Waals surface area contributed by atoms with E-state index < -0.39 is 0 Å². The van der Waals surface area contributed by atoms with Crippen LogP contribution in [0.1, 0.15) is 36.1 Å². The zero-order chi connectivity index (χ0) is 16.9. The Hall–Kier alpha value is -2.19. The molecule has 0 radical (unpaired) electrons. The lowest BCUT2D eigenvalue weighted by Gasteiger charge is -2.11. The van der Waals surface area contributed by atoms with E-state index in [-0.39, 0.29) is 6.04 Å². The lowest BCUT2D eigenvalue weighted by atomic mass is 10.1. The molecule has 3 aromatic rings. The molecule has 0 saturated heterocycles. The molecular weight excluding hydrogens is 324 g/mol. The Kier molecular flexibility index (Phi) is 5.27. The molecule has 0 aliphatic rings. The molecule has 8 heteroatoms. The Labute approximate surface area is 144 Å². The van der Waals surface area contributed by atoms with Gasteiger partial charge in [0.05, 0.1) is 11.8 Å².